The summed E-state index contributed by atoms with van der Waals surface area (Å²) in [5, 5.41) is 3.38. The average Bonchev–Trinajstić information content (AvgIpc) is 2.75. The number of nitrogens with zero attached hydrogens (tertiary/aromatic N) is 1. The molecule has 1 N–H and O–H groups in total. The molecule has 1 fully saturated rings. The van der Waals surface area contributed by atoms with Crippen LogP contribution >= 0.6 is 23.2 Å². The van der Waals surface area contributed by atoms with Crippen LogP contribution in [0.1, 0.15) is 19.3 Å². The van der Waals surface area contributed by atoms with Crippen molar-refractivity contribution < 1.29 is 22.7 Å². The van der Waals surface area contributed by atoms with Crippen molar-refractivity contribution in [2.75, 3.05) is 32.1 Å². The lowest BCUT2D eigenvalue weighted by molar-refractivity contribution is -0.118. The van der Waals surface area contributed by atoms with E-state index < -0.39 is 15.9 Å². The van der Waals surface area contributed by atoms with Crippen molar-refractivity contribution in [3.05, 3.63) is 46.4 Å². The molecule has 162 valence electrons. The fourth-order valence-corrected chi connectivity index (χ4v) is 4.99. The van der Waals surface area contributed by atoms with Crippen LogP contribution in [0.5, 0.6) is 11.5 Å². The number of methoxy groups -OCH3 is 1. The van der Waals surface area contributed by atoms with Crippen molar-refractivity contribution in [2.24, 2.45) is 0 Å². The Morgan fingerprint density at radius 1 is 1.07 bits per heavy atom. The van der Waals surface area contributed by atoms with Crippen LogP contribution in [0.2, 0.25) is 10.0 Å². The molecule has 0 bridgehead atoms. The molecule has 3 rings (SSSR count). The Morgan fingerprint density at radius 2 is 1.80 bits per heavy atom. The summed E-state index contributed by atoms with van der Waals surface area (Å²) in [7, 11) is -2.21. The molecule has 0 unspecified atom stereocenters. The number of hydrogen-bond acceptors (Lipinski definition) is 5. The van der Waals surface area contributed by atoms with Gasteiger partial charge in [0.2, 0.25) is 10.0 Å². The van der Waals surface area contributed by atoms with E-state index in [0.29, 0.717) is 28.9 Å². The van der Waals surface area contributed by atoms with Crippen LogP contribution in [0.15, 0.2) is 41.3 Å². The predicted molar refractivity (Wildman–Crippen MR) is 116 cm³/mol. The molecule has 1 aliphatic rings. The fourth-order valence-electron chi connectivity index (χ4n) is 3.12. The zero-order valence-corrected chi connectivity index (χ0v) is 18.7. The van der Waals surface area contributed by atoms with Crippen molar-refractivity contribution in [2.45, 2.75) is 24.2 Å². The van der Waals surface area contributed by atoms with Crippen LogP contribution in [0.25, 0.3) is 0 Å². The van der Waals surface area contributed by atoms with Crippen molar-refractivity contribution in [3.8, 4) is 11.5 Å². The fraction of sp³-hybridized carbons (Fsp3) is 0.350. The number of carbonyl (C=O) groups excluding carboxylic acids is 1. The van der Waals surface area contributed by atoms with Crippen molar-refractivity contribution in [1.29, 1.82) is 0 Å². The van der Waals surface area contributed by atoms with Gasteiger partial charge in [-0.3, -0.25) is 4.79 Å². The highest BCUT2D eigenvalue weighted by Gasteiger charge is 2.27. The maximum atomic E-state index is 12.9. The molecule has 10 heteroatoms. The minimum atomic E-state index is -3.65. The lowest BCUT2D eigenvalue weighted by Crippen LogP contribution is -2.35. The quantitative estimate of drug-likeness (QED) is 0.652. The standard InChI is InChI=1S/C20H22Cl2N2O5S/c1-28-18-8-6-15(30(26,27)24-9-3-2-4-10-24)12-17(18)23-20(25)13-29-19-11-14(21)5-7-16(19)22/h5-8,11-12H,2-4,9-10,13H2,1H3,(H,23,25). The number of benzene rings is 2. The first-order chi connectivity index (χ1) is 14.3. The number of piperidine rings is 1. The van der Waals surface area contributed by atoms with Gasteiger partial charge >= 0.3 is 0 Å². The SMILES string of the molecule is COc1ccc(S(=O)(=O)N2CCCCC2)cc1NC(=O)COc1cc(Cl)ccc1Cl. The molecule has 0 saturated carbocycles. The molecular weight excluding hydrogens is 451 g/mol. The molecule has 1 saturated heterocycles. The lowest BCUT2D eigenvalue weighted by Gasteiger charge is -2.26. The lowest BCUT2D eigenvalue weighted by atomic mass is 10.2. The maximum Gasteiger partial charge on any atom is 0.262 e. The van der Waals surface area contributed by atoms with Crippen molar-refractivity contribution in [3.63, 3.8) is 0 Å². The number of halogens is 2. The third-order valence-corrected chi connectivity index (χ3v) is 7.09. The number of rotatable bonds is 7. The highest BCUT2D eigenvalue weighted by atomic mass is 35.5. The van der Waals surface area contributed by atoms with E-state index in [4.69, 9.17) is 32.7 Å². The molecule has 1 aliphatic heterocycles. The molecule has 2 aromatic rings. The summed E-state index contributed by atoms with van der Waals surface area (Å²) in [6.45, 7) is 0.640. The Labute approximate surface area is 185 Å². The van der Waals surface area contributed by atoms with Crippen LogP contribution < -0.4 is 14.8 Å². The first-order valence-corrected chi connectivity index (χ1v) is 11.6. The molecule has 0 radical (unpaired) electrons. The summed E-state index contributed by atoms with van der Waals surface area (Å²) in [6.07, 6.45) is 2.69. The molecule has 2 aromatic carbocycles. The molecule has 0 spiro atoms. The highest BCUT2D eigenvalue weighted by Crippen LogP contribution is 2.31. The summed E-state index contributed by atoms with van der Waals surface area (Å²) in [5.74, 6) is 0.103. The summed E-state index contributed by atoms with van der Waals surface area (Å²) < 4.78 is 38.0. The summed E-state index contributed by atoms with van der Waals surface area (Å²) >= 11 is 11.9. The van der Waals surface area contributed by atoms with Gasteiger partial charge in [-0.05, 0) is 43.2 Å². The van der Waals surface area contributed by atoms with E-state index in [2.05, 4.69) is 5.32 Å². The Hall–Kier alpha value is -2.00. The second-order valence-electron chi connectivity index (χ2n) is 6.74. The number of carbonyl (C=O) groups is 1. The van der Waals surface area contributed by atoms with E-state index in [0.717, 1.165) is 19.3 Å². The van der Waals surface area contributed by atoms with E-state index >= 15 is 0 Å². The normalized spacial score (nSPS) is 14.9. The van der Waals surface area contributed by atoms with Crippen LogP contribution in [-0.4, -0.2) is 45.4 Å². The first-order valence-electron chi connectivity index (χ1n) is 9.37. The minimum Gasteiger partial charge on any atom is -0.495 e. The Kier molecular flexibility index (Phi) is 7.46. The van der Waals surface area contributed by atoms with Gasteiger partial charge in [-0.25, -0.2) is 8.42 Å². The highest BCUT2D eigenvalue weighted by molar-refractivity contribution is 7.89. The van der Waals surface area contributed by atoms with E-state index in [-0.39, 0.29) is 22.9 Å². The number of amides is 1. The van der Waals surface area contributed by atoms with Gasteiger partial charge in [-0.1, -0.05) is 29.6 Å². The second-order valence-corrected chi connectivity index (χ2v) is 9.52. The molecular formula is C20H22Cl2N2O5S. The number of anilines is 1. The van der Waals surface area contributed by atoms with Crippen LogP contribution in [0.3, 0.4) is 0 Å². The molecule has 0 aliphatic carbocycles. The number of ether oxygens (including phenoxy) is 2. The second kappa shape index (κ2) is 9.87. The van der Waals surface area contributed by atoms with Gasteiger partial charge in [0.15, 0.2) is 6.61 Å². The zero-order chi connectivity index (χ0) is 21.7. The molecule has 0 atom stereocenters. The maximum absolute atomic E-state index is 12.9. The van der Waals surface area contributed by atoms with Gasteiger partial charge in [0, 0.05) is 24.2 Å². The van der Waals surface area contributed by atoms with Gasteiger partial charge in [-0.2, -0.15) is 4.31 Å². The largest absolute Gasteiger partial charge is 0.495 e. The first kappa shape index (κ1) is 22.7. The smallest absolute Gasteiger partial charge is 0.262 e. The van der Waals surface area contributed by atoms with Crippen LogP contribution in [-0.2, 0) is 14.8 Å². The van der Waals surface area contributed by atoms with Crippen molar-refractivity contribution >= 4 is 44.8 Å². The van der Waals surface area contributed by atoms with Crippen molar-refractivity contribution in [1.82, 2.24) is 4.31 Å². The third-order valence-electron chi connectivity index (χ3n) is 4.65. The summed E-state index contributed by atoms with van der Waals surface area (Å²) in [4.78, 5) is 12.5. The number of hydrogen-bond donors (Lipinski definition) is 1. The molecule has 1 heterocycles. The molecule has 30 heavy (non-hydrogen) atoms. The molecule has 0 aromatic heterocycles. The van der Waals surface area contributed by atoms with E-state index in [1.54, 1.807) is 12.1 Å². The number of sulfonamides is 1. The van der Waals surface area contributed by atoms with Crippen LogP contribution in [0, 0.1) is 0 Å². The van der Waals surface area contributed by atoms with E-state index in [9.17, 15) is 13.2 Å². The molecule has 7 nitrogen and oxygen atoms in total. The van der Waals surface area contributed by atoms with E-state index in [1.165, 1.54) is 35.7 Å². The third kappa shape index (κ3) is 5.37. The topological polar surface area (TPSA) is 84.9 Å². The van der Waals surface area contributed by atoms with E-state index in [1.807, 2.05) is 0 Å². The monoisotopic (exact) mass is 472 g/mol. The summed E-state index contributed by atoms with van der Waals surface area (Å²) in [6, 6.07) is 9.06. The van der Waals surface area contributed by atoms with Gasteiger partial charge in [0.1, 0.15) is 11.5 Å². The van der Waals surface area contributed by atoms with Gasteiger partial charge in [0.25, 0.3) is 5.91 Å². The van der Waals surface area contributed by atoms with Gasteiger partial charge in [0.05, 0.1) is 22.7 Å². The average molecular weight is 473 g/mol. The Bertz CT molecular complexity index is 1020. The summed E-state index contributed by atoms with van der Waals surface area (Å²) in [5.41, 5.74) is 0.237. The molecule has 1 amide bonds. The number of nitrogens with one attached hydrogen (secondary N) is 1. The van der Waals surface area contributed by atoms with Gasteiger partial charge < -0.3 is 14.8 Å². The van der Waals surface area contributed by atoms with Gasteiger partial charge in [-0.15, -0.1) is 0 Å². The minimum absolute atomic E-state index is 0.0966. The predicted octanol–water partition coefficient (Wildman–Crippen LogP) is 4.19. The van der Waals surface area contributed by atoms with Crippen LogP contribution in [0.4, 0.5) is 5.69 Å². The zero-order valence-electron chi connectivity index (χ0n) is 16.4. The Balaban J connectivity index is 1.75. The Morgan fingerprint density at radius 3 is 2.50 bits per heavy atom.